The van der Waals surface area contributed by atoms with Crippen LogP contribution in [0.25, 0.3) is 38.6 Å². The van der Waals surface area contributed by atoms with Gasteiger partial charge in [-0.25, -0.2) is 0 Å². The Labute approximate surface area is 310 Å². The van der Waals surface area contributed by atoms with Crippen LogP contribution in [0.5, 0.6) is 0 Å². The Balaban J connectivity index is 1.21. The third kappa shape index (κ3) is 5.61. The summed E-state index contributed by atoms with van der Waals surface area (Å²) in [7, 11) is -2.79. The molecule has 1 N–H and O–H groups in total. The Morgan fingerprint density at radius 2 is 0.981 bits per heavy atom. The fourth-order valence-corrected chi connectivity index (χ4v) is 12.7. The molecular formula is C49H35N3Si. The fourth-order valence-electron chi connectivity index (χ4n) is 7.98. The lowest BCUT2D eigenvalue weighted by molar-refractivity contribution is 1.18. The van der Waals surface area contributed by atoms with Gasteiger partial charge in [-0.1, -0.05) is 152 Å². The third-order valence-electron chi connectivity index (χ3n) is 10.4. The SMILES string of the molecule is N#Cc1ccc2c(c1)c1ccccc1n2-c1ccc([Si](c2ccccc2)(c2ccccc2)c2ccc(-c3ccccc3Nc3ccccc3)cc2)cc1. The second kappa shape index (κ2) is 13.7. The molecule has 0 unspecified atom stereocenters. The number of para-hydroxylation sites is 3. The van der Waals surface area contributed by atoms with Gasteiger partial charge in [0.15, 0.2) is 8.07 Å². The molecule has 250 valence electrons. The predicted molar refractivity (Wildman–Crippen MR) is 224 cm³/mol. The molecule has 53 heavy (non-hydrogen) atoms. The lowest BCUT2D eigenvalue weighted by Gasteiger charge is -2.34. The maximum atomic E-state index is 9.67. The molecule has 4 heteroatoms. The quantitative estimate of drug-likeness (QED) is 0.127. The molecule has 0 atom stereocenters. The van der Waals surface area contributed by atoms with Crippen molar-refractivity contribution in [3.8, 4) is 22.9 Å². The summed E-state index contributed by atoms with van der Waals surface area (Å²) in [5.41, 5.74) is 8.43. The van der Waals surface area contributed by atoms with E-state index in [2.05, 4.69) is 204 Å². The van der Waals surface area contributed by atoms with Gasteiger partial charge < -0.3 is 9.88 Å². The van der Waals surface area contributed by atoms with E-state index in [1.807, 2.05) is 18.2 Å². The van der Waals surface area contributed by atoms with E-state index in [-0.39, 0.29) is 0 Å². The summed E-state index contributed by atoms with van der Waals surface area (Å²) in [6.45, 7) is 0. The molecule has 9 rings (SSSR count). The van der Waals surface area contributed by atoms with Crippen LogP contribution in [0, 0.1) is 11.3 Å². The van der Waals surface area contributed by atoms with Crippen LogP contribution in [-0.2, 0) is 0 Å². The highest BCUT2D eigenvalue weighted by Gasteiger charge is 2.41. The van der Waals surface area contributed by atoms with Crippen LogP contribution in [-0.4, -0.2) is 12.6 Å². The second-order valence-corrected chi connectivity index (χ2v) is 17.1. The van der Waals surface area contributed by atoms with Gasteiger partial charge in [0.2, 0.25) is 0 Å². The van der Waals surface area contributed by atoms with Crippen molar-refractivity contribution in [3.63, 3.8) is 0 Å². The molecule has 0 radical (unpaired) electrons. The number of rotatable bonds is 8. The fraction of sp³-hybridized carbons (Fsp3) is 0. The molecule has 0 fully saturated rings. The molecule has 8 aromatic carbocycles. The lowest BCUT2D eigenvalue weighted by Crippen LogP contribution is -2.74. The van der Waals surface area contributed by atoms with E-state index in [1.54, 1.807) is 0 Å². The van der Waals surface area contributed by atoms with Gasteiger partial charge in [0.05, 0.1) is 22.7 Å². The molecule has 0 bridgehead atoms. The number of nitrogens with zero attached hydrogens (tertiary/aromatic N) is 2. The highest BCUT2D eigenvalue weighted by Crippen LogP contribution is 2.33. The maximum absolute atomic E-state index is 9.67. The first-order chi connectivity index (χ1) is 26.2. The van der Waals surface area contributed by atoms with Crippen molar-refractivity contribution in [1.82, 2.24) is 4.57 Å². The molecule has 0 amide bonds. The Morgan fingerprint density at radius 3 is 1.64 bits per heavy atom. The highest BCUT2D eigenvalue weighted by molar-refractivity contribution is 7.19. The predicted octanol–water partition coefficient (Wildman–Crippen LogP) is 9.44. The number of hydrogen-bond donors (Lipinski definition) is 1. The van der Waals surface area contributed by atoms with E-state index in [1.165, 1.54) is 20.7 Å². The molecule has 0 spiro atoms. The first kappa shape index (κ1) is 32.0. The van der Waals surface area contributed by atoms with Crippen LogP contribution in [0.3, 0.4) is 0 Å². The average molecular weight is 694 g/mol. The van der Waals surface area contributed by atoms with Gasteiger partial charge in [-0.3, -0.25) is 0 Å². The third-order valence-corrected chi connectivity index (χ3v) is 15.2. The Kier molecular flexibility index (Phi) is 8.24. The summed E-state index contributed by atoms with van der Waals surface area (Å²) in [4.78, 5) is 0. The molecule has 0 aliphatic heterocycles. The topological polar surface area (TPSA) is 40.8 Å². The van der Waals surface area contributed by atoms with E-state index >= 15 is 0 Å². The molecule has 0 aliphatic rings. The van der Waals surface area contributed by atoms with Gasteiger partial charge in [-0.2, -0.15) is 5.26 Å². The molecule has 1 heterocycles. The molecular weight excluding hydrogens is 659 g/mol. The van der Waals surface area contributed by atoms with Gasteiger partial charge in [0.1, 0.15) is 0 Å². The number of fused-ring (bicyclic) bond motifs is 3. The van der Waals surface area contributed by atoms with Crippen LogP contribution < -0.4 is 26.1 Å². The van der Waals surface area contributed by atoms with Crippen molar-refractivity contribution in [2.75, 3.05) is 5.32 Å². The van der Waals surface area contributed by atoms with Crippen molar-refractivity contribution in [1.29, 1.82) is 5.26 Å². The van der Waals surface area contributed by atoms with Gasteiger partial charge in [-0.05, 0) is 80.9 Å². The standard InChI is InChI=1S/C49H35N3Si/c50-35-36-24-33-49-46(34-36)45-21-11-13-23-48(45)52(49)39-27-31-43(32-28-39)53(40-16-6-2-7-17-40,41-18-8-3-9-19-41)42-29-25-37(26-30-42)44-20-10-12-22-47(44)51-38-14-4-1-5-15-38/h1-34,51H. The largest absolute Gasteiger partial charge is 0.355 e. The van der Waals surface area contributed by atoms with Gasteiger partial charge in [0, 0.05) is 33.4 Å². The Morgan fingerprint density at radius 1 is 0.453 bits per heavy atom. The number of benzene rings is 8. The molecule has 0 saturated carbocycles. The Bertz CT molecular complexity index is 2690. The molecule has 3 nitrogen and oxygen atoms in total. The van der Waals surface area contributed by atoms with E-state index in [4.69, 9.17) is 0 Å². The Hall–Kier alpha value is -6.93. The summed E-state index contributed by atoms with van der Waals surface area (Å²) in [6.07, 6.45) is 0. The van der Waals surface area contributed by atoms with Crippen molar-refractivity contribution < 1.29 is 0 Å². The van der Waals surface area contributed by atoms with E-state index in [9.17, 15) is 5.26 Å². The van der Waals surface area contributed by atoms with E-state index in [0.717, 1.165) is 50.0 Å². The highest BCUT2D eigenvalue weighted by atomic mass is 28.3. The minimum Gasteiger partial charge on any atom is -0.355 e. The number of anilines is 2. The van der Waals surface area contributed by atoms with Gasteiger partial charge in [-0.15, -0.1) is 0 Å². The first-order valence-electron chi connectivity index (χ1n) is 17.9. The summed E-state index contributed by atoms with van der Waals surface area (Å²) in [5.74, 6) is 0. The van der Waals surface area contributed by atoms with Crippen LogP contribution in [0.2, 0.25) is 0 Å². The normalized spacial score (nSPS) is 11.4. The molecule has 9 aromatic rings. The van der Waals surface area contributed by atoms with Crippen molar-refractivity contribution in [3.05, 3.63) is 212 Å². The summed E-state index contributed by atoms with van der Waals surface area (Å²) in [6, 6.07) is 76.3. The van der Waals surface area contributed by atoms with Crippen molar-refractivity contribution >= 4 is 62.0 Å². The van der Waals surface area contributed by atoms with Crippen molar-refractivity contribution in [2.24, 2.45) is 0 Å². The lowest BCUT2D eigenvalue weighted by atomic mass is 10.0. The zero-order valence-corrected chi connectivity index (χ0v) is 30.0. The summed E-state index contributed by atoms with van der Waals surface area (Å²) < 4.78 is 2.32. The monoisotopic (exact) mass is 693 g/mol. The van der Waals surface area contributed by atoms with Gasteiger partial charge >= 0.3 is 0 Å². The van der Waals surface area contributed by atoms with E-state index in [0.29, 0.717) is 5.56 Å². The minimum atomic E-state index is -2.79. The van der Waals surface area contributed by atoms with Gasteiger partial charge in [0.25, 0.3) is 0 Å². The number of hydrogen-bond acceptors (Lipinski definition) is 2. The zero-order chi connectivity index (χ0) is 35.6. The maximum Gasteiger partial charge on any atom is 0.179 e. The molecule has 0 aliphatic carbocycles. The minimum absolute atomic E-state index is 0.666. The zero-order valence-electron chi connectivity index (χ0n) is 29.0. The van der Waals surface area contributed by atoms with Crippen LogP contribution >= 0.6 is 0 Å². The summed E-state index contributed by atoms with van der Waals surface area (Å²) in [5, 5.41) is 20.8. The van der Waals surface area contributed by atoms with Crippen molar-refractivity contribution in [2.45, 2.75) is 0 Å². The number of nitriles is 1. The van der Waals surface area contributed by atoms with Crippen LogP contribution in [0.15, 0.2) is 206 Å². The smallest absolute Gasteiger partial charge is 0.179 e. The van der Waals surface area contributed by atoms with Crippen LogP contribution in [0.4, 0.5) is 11.4 Å². The average Bonchev–Trinajstić information content (AvgIpc) is 3.57. The van der Waals surface area contributed by atoms with Crippen LogP contribution in [0.1, 0.15) is 5.56 Å². The number of aromatic nitrogens is 1. The van der Waals surface area contributed by atoms with E-state index < -0.39 is 8.07 Å². The summed E-state index contributed by atoms with van der Waals surface area (Å²) >= 11 is 0. The first-order valence-corrected chi connectivity index (χ1v) is 19.9. The molecule has 1 aromatic heterocycles. The number of nitrogens with one attached hydrogen (secondary N) is 1. The second-order valence-electron chi connectivity index (χ2n) is 13.3. The molecule has 0 saturated heterocycles.